The number of pyridine rings is 1. The zero-order valence-corrected chi connectivity index (χ0v) is 10.8. The number of rotatable bonds is 4. The summed E-state index contributed by atoms with van der Waals surface area (Å²) in [7, 11) is 0. The zero-order valence-electron chi connectivity index (χ0n) is 10.8. The molecule has 0 unspecified atom stereocenters. The third-order valence-corrected chi connectivity index (χ3v) is 2.89. The molecule has 2 heterocycles. The van der Waals surface area contributed by atoms with E-state index in [9.17, 15) is 9.90 Å². The van der Waals surface area contributed by atoms with Gasteiger partial charge in [0.25, 0.3) is 0 Å². The van der Waals surface area contributed by atoms with Crippen LogP contribution in [0.4, 0.5) is 0 Å². The van der Waals surface area contributed by atoms with Gasteiger partial charge in [-0.25, -0.2) is 14.5 Å². The lowest BCUT2D eigenvalue weighted by Crippen LogP contribution is -2.05. The van der Waals surface area contributed by atoms with Crippen molar-refractivity contribution in [2.24, 2.45) is 0 Å². The van der Waals surface area contributed by atoms with Crippen LogP contribution < -0.4 is 0 Å². The standard InChI is InChI=1S/C13H17N3O2/c1-4-5-16-12-10(7-14-16)9(13(17)18)6-11(15-12)8(2)3/h6-8H,4-5H2,1-3H3,(H,17,18). The Bertz CT molecular complexity index is 587. The first-order valence-electron chi connectivity index (χ1n) is 6.14. The van der Waals surface area contributed by atoms with E-state index in [-0.39, 0.29) is 11.5 Å². The Hall–Kier alpha value is -1.91. The van der Waals surface area contributed by atoms with Crippen molar-refractivity contribution in [3.8, 4) is 0 Å². The SMILES string of the molecule is CCCn1ncc2c(C(=O)O)cc(C(C)C)nc21. The van der Waals surface area contributed by atoms with Crippen molar-refractivity contribution in [1.29, 1.82) is 0 Å². The fourth-order valence-electron chi connectivity index (χ4n) is 1.92. The average molecular weight is 247 g/mol. The summed E-state index contributed by atoms with van der Waals surface area (Å²) in [5, 5.41) is 14.1. The van der Waals surface area contributed by atoms with E-state index in [1.165, 1.54) is 0 Å². The first-order valence-corrected chi connectivity index (χ1v) is 6.14. The predicted molar refractivity (Wildman–Crippen MR) is 68.9 cm³/mol. The molecule has 18 heavy (non-hydrogen) atoms. The van der Waals surface area contributed by atoms with Crippen LogP contribution in [0.3, 0.4) is 0 Å². The van der Waals surface area contributed by atoms with Gasteiger partial charge in [-0.3, -0.25) is 0 Å². The lowest BCUT2D eigenvalue weighted by molar-refractivity contribution is 0.0699. The molecule has 0 saturated carbocycles. The number of hydrogen-bond acceptors (Lipinski definition) is 3. The van der Waals surface area contributed by atoms with Gasteiger partial charge < -0.3 is 5.11 Å². The lowest BCUT2D eigenvalue weighted by atomic mass is 10.1. The van der Waals surface area contributed by atoms with E-state index in [1.807, 2.05) is 13.8 Å². The summed E-state index contributed by atoms with van der Waals surface area (Å²) in [6.07, 6.45) is 2.53. The Kier molecular flexibility index (Phi) is 3.32. The number of carboxylic acid groups (broad SMARTS) is 1. The highest BCUT2D eigenvalue weighted by Crippen LogP contribution is 2.22. The monoisotopic (exact) mass is 247 g/mol. The number of nitrogens with zero attached hydrogens (tertiary/aromatic N) is 3. The van der Waals surface area contributed by atoms with Crippen LogP contribution in [0.25, 0.3) is 11.0 Å². The third kappa shape index (κ3) is 2.08. The fourth-order valence-corrected chi connectivity index (χ4v) is 1.92. The molecule has 0 aromatic carbocycles. The minimum absolute atomic E-state index is 0.192. The smallest absolute Gasteiger partial charge is 0.336 e. The molecule has 0 fully saturated rings. The van der Waals surface area contributed by atoms with E-state index in [4.69, 9.17) is 0 Å². The van der Waals surface area contributed by atoms with Gasteiger partial charge in [0.2, 0.25) is 0 Å². The van der Waals surface area contributed by atoms with Crippen molar-refractivity contribution in [2.75, 3.05) is 0 Å². The Morgan fingerprint density at radius 2 is 2.22 bits per heavy atom. The van der Waals surface area contributed by atoms with E-state index in [0.717, 1.165) is 18.7 Å². The molecule has 5 heteroatoms. The summed E-state index contributed by atoms with van der Waals surface area (Å²) >= 11 is 0. The number of aryl methyl sites for hydroxylation is 1. The van der Waals surface area contributed by atoms with Gasteiger partial charge in [-0.2, -0.15) is 5.10 Å². The molecular weight excluding hydrogens is 230 g/mol. The number of aromatic carboxylic acids is 1. The summed E-state index contributed by atoms with van der Waals surface area (Å²) in [4.78, 5) is 15.8. The van der Waals surface area contributed by atoms with E-state index in [0.29, 0.717) is 11.0 Å². The quantitative estimate of drug-likeness (QED) is 0.901. The maximum Gasteiger partial charge on any atom is 0.336 e. The van der Waals surface area contributed by atoms with Gasteiger partial charge >= 0.3 is 5.97 Å². The van der Waals surface area contributed by atoms with Crippen LogP contribution in [0.5, 0.6) is 0 Å². The fraction of sp³-hybridized carbons (Fsp3) is 0.462. The Morgan fingerprint density at radius 3 is 2.78 bits per heavy atom. The predicted octanol–water partition coefficient (Wildman–Crippen LogP) is 2.66. The summed E-state index contributed by atoms with van der Waals surface area (Å²) < 4.78 is 1.77. The van der Waals surface area contributed by atoms with Crippen LogP contribution in [0.15, 0.2) is 12.3 Å². The van der Waals surface area contributed by atoms with Gasteiger partial charge in [-0.1, -0.05) is 20.8 Å². The molecule has 0 atom stereocenters. The second kappa shape index (κ2) is 4.76. The summed E-state index contributed by atoms with van der Waals surface area (Å²) in [6, 6.07) is 1.65. The normalized spacial score (nSPS) is 11.3. The van der Waals surface area contributed by atoms with Crippen LogP contribution in [0.2, 0.25) is 0 Å². The van der Waals surface area contributed by atoms with Gasteiger partial charge in [-0.15, -0.1) is 0 Å². The Labute approximate surface area is 105 Å². The van der Waals surface area contributed by atoms with Crippen LogP contribution in [0, 0.1) is 0 Å². The molecule has 0 aliphatic rings. The van der Waals surface area contributed by atoms with Crippen LogP contribution in [-0.4, -0.2) is 25.8 Å². The molecule has 0 radical (unpaired) electrons. The number of aromatic nitrogens is 3. The molecule has 2 rings (SSSR count). The summed E-state index contributed by atoms with van der Waals surface area (Å²) in [6.45, 7) is 6.80. The van der Waals surface area contributed by atoms with Gasteiger partial charge in [0.05, 0.1) is 17.1 Å². The molecule has 1 N–H and O–H groups in total. The van der Waals surface area contributed by atoms with Gasteiger partial charge in [0.15, 0.2) is 5.65 Å². The van der Waals surface area contributed by atoms with E-state index < -0.39 is 5.97 Å². The minimum atomic E-state index is -0.930. The van der Waals surface area contributed by atoms with E-state index in [1.54, 1.807) is 16.9 Å². The maximum absolute atomic E-state index is 11.3. The second-order valence-electron chi connectivity index (χ2n) is 4.66. The third-order valence-electron chi connectivity index (χ3n) is 2.89. The van der Waals surface area contributed by atoms with Gasteiger partial charge in [-0.05, 0) is 18.4 Å². The van der Waals surface area contributed by atoms with Crippen molar-refractivity contribution in [3.63, 3.8) is 0 Å². The van der Waals surface area contributed by atoms with E-state index in [2.05, 4.69) is 17.0 Å². The average Bonchev–Trinajstić information content (AvgIpc) is 2.71. The highest BCUT2D eigenvalue weighted by Gasteiger charge is 2.16. The minimum Gasteiger partial charge on any atom is -0.478 e. The van der Waals surface area contributed by atoms with E-state index >= 15 is 0 Å². The maximum atomic E-state index is 11.3. The van der Waals surface area contributed by atoms with Gasteiger partial charge in [0, 0.05) is 12.2 Å². The lowest BCUT2D eigenvalue weighted by Gasteiger charge is -2.08. The largest absolute Gasteiger partial charge is 0.478 e. The molecular formula is C13H17N3O2. The van der Waals surface area contributed by atoms with Crippen molar-refractivity contribution in [3.05, 3.63) is 23.5 Å². The number of carbonyl (C=O) groups is 1. The van der Waals surface area contributed by atoms with Gasteiger partial charge in [0.1, 0.15) is 0 Å². The Morgan fingerprint density at radius 1 is 1.50 bits per heavy atom. The molecule has 2 aromatic rings. The zero-order chi connectivity index (χ0) is 13.3. The van der Waals surface area contributed by atoms with Crippen molar-refractivity contribution >= 4 is 17.0 Å². The van der Waals surface area contributed by atoms with Crippen LogP contribution in [0.1, 0.15) is 49.2 Å². The summed E-state index contributed by atoms with van der Waals surface area (Å²) in [5.41, 5.74) is 1.74. The highest BCUT2D eigenvalue weighted by atomic mass is 16.4. The molecule has 0 bridgehead atoms. The number of fused-ring (bicyclic) bond motifs is 1. The highest BCUT2D eigenvalue weighted by molar-refractivity contribution is 6.01. The second-order valence-corrected chi connectivity index (χ2v) is 4.66. The molecule has 96 valence electrons. The molecule has 0 saturated heterocycles. The molecule has 5 nitrogen and oxygen atoms in total. The molecule has 2 aromatic heterocycles. The first kappa shape index (κ1) is 12.5. The molecule has 0 aliphatic heterocycles. The van der Waals surface area contributed by atoms with Crippen LogP contribution >= 0.6 is 0 Å². The van der Waals surface area contributed by atoms with Crippen molar-refractivity contribution in [2.45, 2.75) is 39.7 Å². The number of hydrogen-bond donors (Lipinski definition) is 1. The first-order chi connectivity index (χ1) is 8.54. The molecule has 0 spiro atoms. The molecule has 0 amide bonds. The number of carboxylic acids is 1. The summed E-state index contributed by atoms with van der Waals surface area (Å²) in [5.74, 6) is -0.738. The topological polar surface area (TPSA) is 68.0 Å². The van der Waals surface area contributed by atoms with Crippen molar-refractivity contribution in [1.82, 2.24) is 14.8 Å². The Balaban J connectivity index is 2.71. The molecule has 0 aliphatic carbocycles. The van der Waals surface area contributed by atoms with Crippen molar-refractivity contribution < 1.29 is 9.90 Å². The van der Waals surface area contributed by atoms with Crippen LogP contribution in [-0.2, 0) is 6.54 Å².